The second-order valence-electron chi connectivity index (χ2n) is 4.15. The Balaban J connectivity index is 2.28. The van der Waals surface area contributed by atoms with Gasteiger partial charge in [0.05, 0.1) is 16.9 Å². The third-order valence-corrected chi connectivity index (χ3v) is 2.98. The van der Waals surface area contributed by atoms with Gasteiger partial charge in [-0.1, -0.05) is 11.3 Å². The Hall–Kier alpha value is -2.76. The van der Waals surface area contributed by atoms with Crippen LogP contribution in [0.2, 0.25) is 0 Å². The summed E-state index contributed by atoms with van der Waals surface area (Å²) >= 11 is 0. The number of carbonyl (C=O) groups is 1. The number of nitrogens with zero attached hydrogens (tertiary/aromatic N) is 4. The van der Waals surface area contributed by atoms with E-state index in [1.54, 1.807) is 17.8 Å². The summed E-state index contributed by atoms with van der Waals surface area (Å²) in [7, 11) is 0. The van der Waals surface area contributed by atoms with Gasteiger partial charge < -0.3 is 5.73 Å². The molecule has 2 N–H and O–H groups in total. The van der Waals surface area contributed by atoms with Crippen molar-refractivity contribution in [2.24, 2.45) is 5.73 Å². The van der Waals surface area contributed by atoms with Crippen LogP contribution in [-0.2, 0) is 0 Å². The predicted molar refractivity (Wildman–Crippen MR) is 69.9 cm³/mol. The summed E-state index contributed by atoms with van der Waals surface area (Å²) in [6.07, 6.45) is 1.73. The highest BCUT2D eigenvalue weighted by Crippen LogP contribution is 2.21. The number of amides is 1. The van der Waals surface area contributed by atoms with E-state index in [1.807, 2.05) is 30.3 Å². The van der Waals surface area contributed by atoms with E-state index in [0.29, 0.717) is 5.69 Å². The number of rotatable bonds is 2. The molecule has 6 nitrogen and oxygen atoms in total. The molecule has 3 rings (SSSR count). The smallest absolute Gasteiger partial charge is 0.271 e. The average molecular weight is 253 g/mol. The SMILES string of the molecule is Cc1c(C(N)=O)nnn1-c1cccc2ncccc12. The van der Waals surface area contributed by atoms with Gasteiger partial charge in [-0.15, -0.1) is 5.10 Å². The second kappa shape index (κ2) is 4.16. The Morgan fingerprint density at radius 3 is 2.84 bits per heavy atom. The van der Waals surface area contributed by atoms with E-state index >= 15 is 0 Å². The van der Waals surface area contributed by atoms with Crippen molar-refractivity contribution in [2.45, 2.75) is 6.92 Å². The summed E-state index contributed by atoms with van der Waals surface area (Å²) in [5.41, 5.74) is 7.73. The fourth-order valence-electron chi connectivity index (χ4n) is 2.06. The number of nitrogens with two attached hydrogens (primary N) is 1. The molecule has 0 saturated heterocycles. The molecule has 0 fully saturated rings. The molecule has 2 heterocycles. The van der Waals surface area contributed by atoms with Crippen LogP contribution in [0.4, 0.5) is 0 Å². The molecule has 0 bridgehead atoms. The van der Waals surface area contributed by atoms with Crippen LogP contribution in [-0.4, -0.2) is 25.9 Å². The van der Waals surface area contributed by atoms with Gasteiger partial charge in [0, 0.05) is 11.6 Å². The van der Waals surface area contributed by atoms with Gasteiger partial charge in [0.25, 0.3) is 5.91 Å². The van der Waals surface area contributed by atoms with Crippen LogP contribution < -0.4 is 5.73 Å². The number of hydrogen-bond donors (Lipinski definition) is 1. The van der Waals surface area contributed by atoms with Crippen molar-refractivity contribution >= 4 is 16.8 Å². The first kappa shape index (κ1) is 11.3. The third kappa shape index (κ3) is 1.74. The number of hydrogen-bond acceptors (Lipinski definition) is 4. The quantitative estimate of drug-likeness (QED) is 0.744. The monoisotopic (exact) mass is 253 g/mol. The molecule has 19 heavy (non-hydrogen) atoms. The molecule has 0 aliphatic heterocycles. The Labute approximate surface area is 108 Å². The summed E-state index contributed by atoms with van der Waals surface area (Å²) in [6, 6.07) is 9.50. The molecule has 6 heteroatoms. The normalized spacial score (nSPS) is 10.8. The van der Waals surface area contributed by atoms with E-state index < -0.39 is 5.91 Å². The van der Waals surface area contributed by atoms with Crippen LogP contribution in [0.3, 0.4) is 0 Å². The molecule has 3 aromatic rings. The van der Waals surface area contributed by atoms with Crippen molar-refractivity contribution in [1.82, 2.24) is 20.0 Å². The van der Waals surface area contributed by atoms with E-state index in [9.17, 15) is 4.79 Å². The van der Waals surface area contributed by atoms with Crippen LogP contribution in [0.5, 0.6) is 0 Å². The number of pyridine rings is 1. The lowest BCUT2D eigenvalue weighted by atomic mass is 10.2. The minimum atomic E-state index is -0.581. The van der Waals surface area contributed by atoms with Gasteiger partial charge in [-0.3, -0.25) is 9.78 Å². The van der Waals surface area contributed by atoms with Crippen molar-refractivity contribution in [1.29, 1.82) is 0 Å². The molecule has 1 aromatic carbocycles. The molecule has 0 saturated carbocycles. The highest BCUT2D eigenvalue weighted by Gasteiger charge is 2.15. The molecule has 0 spiro atoms. The number of fused-ring (bicyclic) bond motifs is 1. The zero-order valence-corrected chi connectivity index (χ0v) is 10.2. The molecule has 94 valence electrons. The maximum atomic E-state index is 11.2. The molecule has 0 aliphatic carbocycles. The predicted octanol–water partition coefficient (Wildman–Crippen LogP) is 1.22. The highest BCUT2D eigenvalue weighted by molar-refractivity contribution is 5.92. The van der Waals surface area contributed by atoms with Crippen molar-refractivity contribution in [3.05, 3.63) is 47.9 Å². The molecule has 2 aromatic heterocycles. The summed E-state index contributed by atoms with van der Waals surface area (Å²) in [5, 5.41) is 8.75. The van der Waals surface area contributed by atoms with Crippen LogP contribution in [0.15, 0.2) is 36.5 Å². The van der Waals surface area contributed by atoms with Crippen LogP contribution in [0.1, 0.15) is 16.2 Å². The lowest BCUT2D eigenvalue weighted by Crippen LogP contribution is -2.13. The maximum Gasteiger partial charge on any atom is 0.271 e. The van der Waals surface area contributed by atoms with Crippen molar-refractivity contribution in [2.75, 3.05) is 0 Å². The van der Waals surface area contributed by atoms with E-state index in [1.165, 1.54) is 0 Å². The molecular weight excluding hydrogens is 242 g/mol. The highest BCUT2D eigenvalue weighted by atomic mass is 16.1. The van der Waals surface area contributed by atoms with E-state index in [-0.39, 0.29) is 5.69 Å². The topological polar surface area (TPSA) is 86.7 Å². The summed E-state index contributed by atoms with van der Waals surface area (Å²) in [5.74, 6) is -0.581. The standard InChI is InChI=1S/C13H11N5O/c1-8-12(13(14)19)16-17-18(8)11-6-2-5-10-9(11)4-3-7-15-10/h2-7H,1H3,(H2,14,19). The minimum Gasteiger partial charge on any atom is -0.364 e. The largest absolute Gasteiger partial charge is 0.364 e. The Kier molecular flexibility index (Phi) is 2.49. The van der Waals surface area contributed by atoms with Gasteiger partial charge >= 0.3 is 0 Å². The van der Waals surface area contributed by atoms with Gasteiger partial charge in [-0.2, -0.15) is 0 Å². The number of primary amides is 1. The van der Waals surface area contributed by atoms with Crippen LogP contribution in [0, 0.1) is 6.92 Å². The first-order chi connectivity index (χ1) is 9.18. The Morgan fingerprint density at radius 2 is 2.11 bits per heavy atom. The van der Waals surface area contributed by atoms with Crippen molar-refractivity contribution in [3.8, 4) is 5.69 Å². The number of aromatic nitrogens is 4. The van der Waals surface area contributed by atoms with Gasteiger partial charge in [-0.05, 0) is 31.2 Å². The van der Waals surface area contributed by atoms with Crippen molar-refractivity contribution < 1.29 is 4.79 Å². The molecule has 0 atom stereocenters. The summed E-state index contributed by atoms with van der Waals surface area (Å²) in [6.45, 7) is 1.76. The zero-order valence-electron chi connectivity index (χ0n) is 10.2. The van der Waals surface area contributed by atoms with Gasteiger partial charge in [0.2, 0.25) is 0 Å². The molecule has 0 unspecified atom stereocenters. The Bertz CT molecular complexity index is 772. The van der Waals surface area contributed by atoms with E-state index in [0.717, 1.165) is 16.6 Å². The summed E-state index contributed by atoms with van der Waals surface area (Å²) in [4.78, 5) is 15.5. The first-order valence-electron chi connectivity index (χ1n) is 5.74. The Morgan fingerprint density at radius 1 is 1.26 bits per heavy atom. The average Bonchev–Trinajstić information content (AvgIpc) is 2.80. The molecule has 0 aliphatic rings. The maximum absolute atomic E-state index is 11.2. The van der Waals surface area contributed by atoms with Crippen LogP contribution in [0.25, 0.3) is 16.6 Å². The number of carbonyl (C=O) groups excluding carboxylic acids is 1. The van der Waals surface area contributed by atoms with Crippen LogP contribution >= 0.6 is 0 Å². The first-order valence-corrected chi connectivity index (χ1v) is 5.74. The molecule has 1 amide bonds. The fourth-order valence-corrected chi connectivity index (χ4v) is 2.06. The van der Waals surface area contributed by atoms with Gasteiger partial charge in [0.1, 0.15) is 0 Å². The van der Waals surface area contributed by atoms with Gasteiger partial charge in [0.15, 0.2) is 5.69 Å². The van der Waals surface area contributed by atoms with E-state index in [2.05, 4.69) is 15.3 Å². The third-order valence-electron chi connectivity index (χ3n) is 2.98. The van der Waals surface area contributed by atoms with Gasteiger partial charge in [-0.25, -0.2) is 4.68 Å². The minimum absolute atomic E-state index is 0.181. The fraction of sp³-hybridized carbons (Fsp3) is 0.0769. The van der Waals surface area contributed by atoms with E-state index in [4.69, 9.17) is 5.73 Å². The second-order valence-corrected chi connectivity index (χ2v) is 4.15. The molecular formula is C13H11N5O. The lowest BCUT2D eigenvalue weighted by molar-refractivity contribution is 0.0995. The molecule has 0 radical (unpaired) electrons. The summed E-state index contributed by atoms with van der Waals surface area (Å²) < 4.78 is 1.60. The number of benzene rings is 1. The zero-order chi connectivity index (χ0) is 13.4. The lowest BCUT2D eigenvalue weighted by Gasteiger charge is -2.06. The van der Waals surface area contributed by atoms with Crippen molar-refractivity contribution in [3.63, 3.8) is 0 Å².